The number of carbonyl (C=O) groups excluding carboxylic acids is 1. The Morgan fingerprint density at radius 1 is 1.72 bits per heavy atom. The van der Waals surface area contributed by atoms with Crippen molar-refractivity contribution in [2.75, 3.05) is 31.2 Å². The van der Waals surface area contributed by atoms with E-state index < -0.39 is 0 Å². The number of carbonyl (C=O) groups is 1. The molecule has 0 aliphatic carbocycles. The summed E-state index contributed by atoms with van der Waals surface area (Å²) in [5, 5.41) is 11.8. The Labute approximate surface area is 110 Å². The largest absolute Gasteiger partial charge is 0.461 e. The third kappa shape index (κ3) is 3.00. The minimum absolute atomic E-state index is 0.215. The van der Waals surface area contributed by atoms with Gasteiger partial charge < -0.3 is 14.7 Å². The molecule has 0 bridgehead atoms. The van der Waals surface area contributed by atoms with Gasteiger partial charge in [-0.25, -0.2) is 9.78 Å². The Balaban J connectivity index is 2.03. The van der Waals surface area contributed by atoms with E-state index in [9.17, 15) is 9.90 Å². The van der Waals surface area contributed by atoms with E-state index in [1.165, 1.54) is 11.3 Å². The molecule has 1 aliphatic rings. The Morgan fingerprint density at radius 3 is 3.28 bits per heavy atom. The number of anilines is 1. The van der Waals surface area contributed by atoms with Crippen LogP contribution in [0.5, 0.6) is 0 Å². The first-order valence-corrected chi connectivity index (χ1v) is 7.11. The van der Waals surface area contributed by atoms with Gasteiger partial charge in [-0.2, -0.15) is 0 Å². The molecule has 0 radical (unpaired) electrons. The van der Waals surface area contributed by atoms with Crippen LogP contribution >= 0.6 is 11.3 Å². The van der Waals surface area contributed by atoms with Crippen molar-refractivity contribution in [2.45, 2.75) is 19.8 Å². The average molecular weight is 270 g/mol. The standard InChI is InChI=1S/C12H18N2O3S/c1-2-17-11(16)10-8-18-12(13-10)14-5-3-4-9(6-14)7-15/h8-9,15H,2-7H2,1H3. The number of hydrogen-bond donors (Lipinski definition) is 1. The summed E-state index contributed by atoms with van der Waals surface area (Å²) in [6.07, 6.45) is 2.11. The predicted octanol–water partition coefficient (Wildman–Crippen LogP) is 1.53. The minimum atomic E-state index is -0.365. The third-order valence-electron chi connectivity index (χ3n) is 3.02. The molecule has 1 aromatic heterocycles. The van der Waals surface area contributed by atoms with E-state index in [0.717, 1.165) is 31.1 Å². The molecule has 2 rings (SSSR count). The molecule has 5 nitrogen and oxygen atoms in total. The minimum Gasteiger partial charge on any atom is -0.461 e. The van der Waals surface area contributed by atoms with Gasteiger partial charge in [-0.1, -0.05) is 0 Å². The van der Waals surface area contributed by atoms with E-state index >= 15 is 0 Å². The fraction of sp³-hybridized carbons (Fsp3) is 0.667. The number of aliphatic hydroxyl groups excluding tert-OH is 1. The lowest BCUT2D eigenvalue weighted by Crippen LogP contribution is -2.36. The van der Waals surface area contributed by atoms with Crippen molar-refractivity contribution >= 4 is 22.4 Å². The van der Waals surface area contributed by atoms with Gasteiger partial charge in [-0.3, -0.25) is 0 Å². The lowest BCUT2D eigenvalue weighted by atomic mass is 10.00. The van der Waals surface area contributed by atoms with E-state index in [1.54, 1.807) is 12.3 Å². The zero-order valence-corrected chi connectivity index (χ0v) is 11.3. The van der Waals surface area contributed by atoms with Crippen LogP contribution in [0.3, 0.4) is 0 Å². The maximum Gasteiger partial charge on any atom is 0.357 e. The van der Waals surface area contributed by atoms with Crippen LogP contribution in [0.25, 0.3) is 0 Å². The van der Waals surface area contributed by atoms with Gasteiger partial charge in [0.05, 0.1) is 6.61 Å². The van der Waals surface area contributed by atoms with Gasteiger partial charge in [-0.15, -0.1) is 11.3 Å². The van der Waals surface area contributed by atoms with Crippen LogP contribution in [-0.2, 0) is 4.74 Å². The number of esters is 1. The normalized spacial score (nSPS) is 19.9. The molecule has 0 saturated carbocycles. The molecule has 0 spiro atoms. The van der Waals surface area contributed by atoms with E-state index in [2.05, 4.69) is 9.88 Å². The monoisotopic (exact) mass is 270 g/mol. The number of hydrogen-bond acceptors (Lipinski definition) is 6. The highest BCUT2D eigenvalue weighted by atomic mass is 32.1. The number of thiazole rings is 1. The highest BCUT2D eigenvalue weighted by Gasteiger charge is 2.22. The van der Waals surface area contributed by atoms with Crippen molar-refractivity contribution in [2.24, 2.45) is 5.92 Å². The van der Waals surface area contributed by atoms with Crippen molar-refractivity contribution in [3.8, 4) is 0 Å². The third-order valence-corrected chi connectivity index (χ3v) is 3.93. The second kappa shape index (κ2) is 6.15. The average Bonchev–Trinajstić information content (AvgIpc) is 2.89. The Kier molecular flexibility index (Phi) is 4.54. The van der Waals surface area contributed by atoms with Gasteiger partial charge in [-0.05, 0) is 25.7 Å². The summed E-state index contributed by atoms with van der Waals surface area (Å²) in [6, 6.07) is 0. The molecule has 1 N–H and O–H groups in total. The van der Waals surface area contributed by atoms with Crippen LogP contribution in [0, 0.1) is 5.92 Å². The molecule has 1 aliphatic heterocycles. The summed E-state index contributed by atoms with van der Waals surface area (Å²) in [5.41, 5.74) is 0.378. The zero-order valence-electron chi connectivity index (χ0n) is 10.5. The summed E-state index contributed by atoms with van der Waals surface area (Å²) >= 11 is 1.46. The molecule has 100 valence electrons. The second-order valence-corrected chi connectivity index (χ2v) is 5.21. The molecule has 1 unspecified atom stereocenters. The zero-order chi connectivity index (χ0) is 13.0. The lowest BCUT2D eigenvalue weighted by molar-refractivity contribution is 0.0520. The van der Waals surface area contributed by atoms with E-state index in [0.29, 0.717) is 18.2 Å². The number of piperidine rings is 1. The maximum atomic E-state index is 11.5. The highest BCUT2D eigenvalue weighted by Crippen LogP contribution is 2.26. The van der Waals surface area contributed by atoms with Gasteiger partial charge in [0.2, 0.25) is 0 Å². The summed E-state index contributed by atoms with van der Waals surface area (Å²) in [7, 11) is 0. The number of ether oxygens (including phenoxy) is 1. The molecule has 0 amide bonds. The number of rotatable bonds is 4. The van der Waals surface area contributed by atoms with Crippen molar-refractivity contribution < 1.29 is 14.6 Å². The van der Waals surface area contributed by atoms with E-state index in [-0.39, 0.29) is 12.6 Å². The predicted molar refractivity (Wildman–Crippen MR) is 70.1 cm³/mol. The number of aromatic nitrogens is 1. The van der Waals surface area contributed by atoms with Gasteiger partial charge in [0.25, 0.3) is 0 Å². The van der Waals surface area contributed by atoms with Crippen LogP contribution in [-0.4, -0.2) is 42.4 Å². The van der Waals surface area contributed by atoms with Crippen molar-refractivity contribution in [3.05, 3.63) is 11.1 Å². The molecule has 2 heterocycles. The number of aliphatic hydroxyl groups is 1. The van der Waals surface area contributed by atoms with Gasteiger partial charge >= 0.3 is 5.97 Å². The first-order chi connectivity index (χ1) is 8.74. The van der Waals surface area contributed by atoms with E-state index in [4.69, 9.17) is 4.74 Å². The van der Waals surface area contributed by atoms with Crippen LogP contribution in [0.15, 0.2) is 5.38 Å². The first-order valence-electron chi connectivity index (χ1n) is 6.23. The topological polar surface area (TPSA) is 62.7 Å². The molecule has 1 atom stereocenters. The second-order valence-electron chi connectivity index (χ2n) is 4.37. The Morgan fingerprint density at radius 2 is 2.56 bits per heavy atom. The summed E-state index contributed by atoms with van der Waals surface area (Å²) < 4.78 is 4.92. The van der Waals surface area contributed by atoms with E-state index in [1.807, 2.05) is 0 Å². The lowest BCUT2D eigenvalue weighted by Gasteiger charge is -2.31. The number of nitrogens with zero attached hydrogens (tertiary/aromatic N) is 2. The molecule has 1 fully saturated rings. The molecule has 0 aromatic carbocycles. The van der Waals surface area contributed by atoms with Gasteiger partial charge in [0.15, 0.2) is 10.8 Å². The van der Waals surface area contributed by atoms with Crippen LogP contribution < -0.4 is 4.90 Å². The van der Waals surface area contributed by atoms with Crippen molar-refractivity contribution in [1.82, 2.24) is 4.98 Å². The highest BCUT2D eigenvalue weighted by molar-refractivity contribution is 7.13. The summed E-state index contributed by atoms with van der Waals surface area (Å²) in [4.78, 5) is 18.0. The molecular weight excluding hydrogens is 252 g/mol. The fourth-order valence-electron chi connectivity index (χ4n) is 2.10. The first kappa shape index (κ1) is 13.3. The van der Waals surface area contributed by atoms with Crippen molar-refractivity contribution in [3.63, 3.8) is 0 Å². The molecule has 1 saturated heterocycles. The summed E-state index contributed by atoms with van der Waals surface area (Å²) in [6.45, 7) is 4.11. The molecular formula is C12H18N2O3S. The SMILES string of the molecule is CCOC(=O)c1csc(N2CCCC(CO)C2)n1. The quantitative estimate of drug-likeness (QED) is 0.841. The molecule has 6 heteroatoms. The fourth-order valence-corrected chi connectivity index (χ4v) is 2.93. The Hall–Kier alpha value is -1.14. The molecule has 1 aromatic rings. The smallest absolute Gasteiger partial charge is 0.357 e. The molecule has 18 heavy (non-hydrogen) atoms. The van der Waals surface area contributed by atoms with Gasteiger partial charge in [0.1, 0.15) is 0 Å². The summed E-state index contributed by atoms with van der Waals surface area (Å²) in [5.74, 6) is -0.0515. The van der Waals surface area contributed by atoms with Crippen LogP contribution in [0.1, 0.15) is 30.3 Å². The Bertz CT molecular complexity index is 408. The maximum absolute atomic E-state index is 11.5. The van der Waals surface area contributed by atoms with Gasteiger partial charge in [0, 0.05) is 25.1 Å². The van der Waals surface area contributed by atoms with Crippen LogP contribution in [0.2, 0.25) is 0 Å². The van der Waals surface area contributed by atoms with Crippen LogP contribution in [0.4, 0.5) is 5.13 Å². The van der Waals surface area contributed by atoms with Crippen molar-refractivity contribution in [1.29, 1.82) is 0 Å².